The SMILES string of the molecule is CS(=O)(=O)c1cccc2[nH]c(CC3CCCCC3)nc12. The maximum atomic E-state index is 11.8. The highest BCUT2D eigenvalue weighted by Gasteiger charge is 2.18. The van der Waals surface area contributed by atoms with E-state index in [1.165, 1.54) is 38.4 Å². The number of nitrogens with one attached hydrogen (secondary N) is 1. The number of benzene rings is 1. The van der Waals surface area contributed by atoms with E-state index in [2.05, 4.69) is 9.97 Å². The Bertz CT molecular complexity index is 713. The van der Waals surface area contributed by atoms with Crippen LogP contribution in [0.25, 0.3) is 11.0 Å². The molecule has 1 N–H and O–H groups in total. The van der Waals surface area contributed by atoms with Crippen molar-refractivity contribution in [1.29, 1.82) is 0 Å². The molecule has 5 heteroatoms. The third-order valence-corrected chi connectivity index (χ3v) is 5.26. The maximum absolute atomic E-state index is 11.8. The number of nitrogens with zero attached hydrogens (tertiary/aromatic N) is 1. The zero-order chi connectivity index (χ0) is 14.2. The Balaban J connectivity index is 1.94. The molecule has 0 atom stereocenters. The molecule has 0 radical (unpaired) electrons. The van der Waals surface area contributed by atoms with E-state index >= 15 is 0 Å². The van der Waals surface area contributed by atoms with Crippen molar-refractivity contribution < 1.29 is 8.42 Å². The minimum atomic E-state index is -3.23. The van der Waals surface area contributed by atoms with Gasteiger partial charge in [0, 0.05) is 12.7 Å². The summed E-state index contributed by atoms with van der Waals surface area (Å²) in [7, 11) is -3.23. The molecule has 3 rings (SSSR count). The van der Waals surface area contributed by atoms with Gasteiger partial charge in [0.15, 0.2) is 9.84 Å². The van der Waals surface area contributed by atoms with Crippen LogP contribution in [0.5, 0.6) is 0 Å². The highest BCUT2D eigenvalue weighted by molar-refractivity contribution is 7.91. The fourth-order valence-electron chi connectivity index (χ4n) is 3.12. The van der Waals surface area contributed by atoms with Crippen molar-refractivity contribution in [3.05, 3.63) is 24.0 Å². The average molecular weight is 292 g/mol. The van der Waals surface area contributed by atoms with E-state index in [0.29, 0.717) is 16.3 Å². The van der Waals surface area contributed by atoms with Gasteiger partial charge in [0.1, 0.15) is 11.3 Å². The standard InChI is InChI=1S/C15H20N2O2S/c1-20(18,19)13-9-5-8-12-15(13)17-14(16-12)10-11-6-3-2-4-7-11/h5,8-9,11H,2-4,6-7,10H2,1H3,(H,16,17). The first-order chi connectivity index (χ1) is 9.54. The van der Waals surface area contributed by atoms with Crippen LogP contribution in [0.3, 0.4) is 0 Å². The largest absolute Gasteiger partial charge is 0.342 e. The van der Waals surface area contributed by atoms with Crippen molar-refractivity contribution in [1.82, 2.24) is 9.97 Å². The third-order valence-electron chi connectivity index (χ3n) is 4.13. The molecular formula is C15H20N2O2S. The fourth-order valence-corrected chi connectivity index (χ4v) is 3.95. The topological polar surface area (TPSA) is 62.8 Å². The minimum Gasteiger partial charge on any atom is -0.342 e. The van der Waals surface area contributed by atoms with E-state index in [9.17, 15) is 8.42 Å². The first-order valence-electron chi connectivity index (χ1n) is 7.22. The Morgan fingerprint density at radius 2 is 2.00 bits per heavy atom. The van der Waals surface area contributed by atoms with Gasteiger partial charge in [0.05, 0.1) is 10.4 Å². The number of rotatable bonds is 3. The Morgan fingerprint density at radius 3 is 2.70 bits per heavy atom. The van der Waals surface area contributed by atoms with Gasteiger partial charge in [0.2, 0.25) is 0 Å². The first kappa shape index (κ1) is 13.6. The third kappa shape index (κ3) is 2.73. The fraction of sp³-hybridized carbons (Fsp3) is 0.533. The van der Waals surface area contributed by atoms with Crippen LogP contribution in [-0.4, -0.2) is 24.6 Å². The molecule has 0 spiro atoms. The Labute approximate surface area is 119 Å². The monoisotopic (exact) mass is 292 g/mol. The van der Waals surface area contributed by atoms with E-state index in [1.807, 2.05) is 6.07 Å². The lowest BCUT2D eigenvalue weighted by molar-refractivity contribution is 0.352. The van der Waals surface area contributed by atoms with Gasteiger partial charge in [-0.2, -0.15) is 0 Å². The van der Waals surface area contributed by atoms with Crippen LogP contribution in [0.15, 0.2) is 23.1 Å². The van der Waals surface area contributed by atoms with Crippen molar-refractivity contribution in [2.75, 3.05) is 6.26 Å². The second kappa shape index (κ2) is 5.20. The lowest BCUT2D eigenvalue weighted by Crippen LogP contribution is -2.10. The molecule has 1 aliphatic carbocycles. The van der Waals surface area contributed by atoms with E-state index in [-0.39, 0.29) is 0 Å². The number of imidazole rings is 1. The lowest BCUT2D eigenvalue weighted by atomic mass is 9.87. The number of aromatic nitrogens is 2. The Kier molecular flexibility index (Phi) is 3.54. The summed E-state index contributed by atoms with van der Waals surface area (Å²) in [6.45, 7) is 0. The van der Waals surface area contributed by atoms with Gasteiger partial charge in [-0.25, -0.2) is 13.4 Å². The highest BCUT2D eigenvalue weighted by Crippen LogP contribution is 2.27. The van der Waals surface area contributed by atoms with E-state index in [1.54, 1.807) is 12.1 Å². The maximum Gasteiger partial charge on any atom is 0.177 e. The van der Waals surface area contributed by atoms with Crippen molar-refractivity contribution in [3.8, 4) is 0 Å². The van der Waals surface area contributed by atoms with Crippen molar-refractivity contribution >= 4 is 20.9 Å². The predicted molar refractivity (Wildman–Crippen MR) is 79.5 cm³/mol. The summed E-state index contributed by atoms with van der Waals surface area (Å²) in [4.78, 5) is 8.14. The molecule has 1 aromatic carbocycles. The summed E-state index contributed by atoms with van der Waals surface area (Å²) in [5.74, 6) is 1.61. The molecule has 0 amide bonds. The lowest BCUT2D eigenvalue weighted by Gasteiger charge is -2.20. The van der Waals surface area contributed by atoms with Crippen molar-refractivity contribution in [2.24, 2.45) is 5.92 Å². The van der Waals surface area contributed by atoms with Crippen molar-refractivity contribution in [2.45, 2.75) is 43.4 Å². The molecule has 1 aliphatic rings. The molecule has 1 fully saturated rings. The number of sulfone groups is 1. The molecule has 1 aromatic heterocycles. The summed E-state index contributed by atoms with van der Waals surface area (Å²) in [5, 5.41) is 0. The Morgan fingerprint density at radius 1 is 1.25 bits per heavy atom. The van der Waals surface area contributed by atoms with Crippen LogP contribution in [-0.2, 0) is 16.3 Å². The van der Waals surface area contributed by atoms with Crippen LogP contribution in [0.1, 0.15) is 37.9 Å². The van der Waals surface area contributed by atoms with E-state index < -0.39 is 9.84 Å². The molecule has 108 valence electrons. The molecule has 1 heterocycles. The second-order valence-corrected chi connectivity index (χ2v) is 7.80. The molecule has 2 aromatic rings. The summed E-state index contributed by atoms with van der Waals surface area (Å²) >= 11 is 0. The molecule has 0 bridgehead atoms. The van der Waals surface area contributed by atoms with Gasteiger partial charge >= 0.3 is 0 Å². The number of aromatic amines is 1. The van der Waals surface area contributed by atoms with Crippen LogP contribution < -0.4 is 0 Å². The number of hydrogen-bond acceptors (Lipinski definition) is 3. The van der Waals surface area contributed by atoms with Gasteiger partial charge in [-0.1, -0.05) is 38.2 Å². The van der Waals surface area contributed by atoms with Crippen molar-refractivity contribution in [3.63, 3.8) is 0 Å². The number of fused-ring (bicyclic) bond motifs is 1. The van der Waals surface area contributed by atoms with Crippen LogP contribution >= 0.6 is 0 Å². The molecule has 4 nitrogen and oxygen atoms in total. The average Bonchev–Trinajstić information content (AvgIpc) is 2.80. The normalized spacial score (nSPS) is 17.6. The van der Waals surface area contributed by atoms with Gasteiger partial charge < -0.3 is 4.98 Å². The summed E-state index contributed by atoms with van der Waals surface area (Å²) in [6.07, 6.45) is 8.63. The van der Waals surface area contributed by atoms with Crippen LogP contribution in [0, 0.1) is 5.92 Å². The molecule has 20 heavy (non-hydrogen) atoms. The van der Waals surface area contributed by atoms with Gasteiger partial charge in [-0.05, 0) is 18.1 Å². The zero-order valence-electron chi connectivity index (χ0n) is 11.7. The van der Waals surface area contributed by atoms with Gasteiger partial charge in [0.25, 0.3) is 0 Å². The summed E-state index contributed by atoms with van der Waals surface area (Å²) in [6, 6.07) is 5.28. The zero-order valence-corrected chi connectivity index (χ0v) is 12.5. The molecule has 0 unspecified atom stereocenters. The number of para-hydroxylation sites is 1. The van der Waals surface area contributed by atoms with Gasteiger partial charge in [-0.3, -0.25) is 0 Å². The van der Waals surface area contributed by atoms with Crippen LogP contribution in [0.4, 0.5) is 0 Å². The first-order valence-corrected chi connectivity index (χ1v) is 9.11. The molecule has 0 aliphatic heterocycles. The smallest absolute Gasteiger partial charge is 0.177 e. The Hall–Kier alpha value is -1.36. The highest BCUT2D eigenvalue weighted by atomic mass is 32.2. The van der Waals surface area contributed by atoms with Crippen LogP contribution in [0.2, 0.25) is 0 Å². The van der Waals surface area contributed by atoms with E-state index in [0.717, 1.165) is 17.8 Å². The molecule has 0 saturated heterocycles. The van der Waals surface area contributed by atoms with E-state index in [4.69, 9.17) is 0 Å². The predicted octanol–water partition coefficient (Wildman–Crippen LogP) is 3.09. The quantitative estimate of drug-likeness (QED) is 0.945. The summed E-state index contributed by atoms with van der Waals surface area (Å²) in [5.41, 5.74) is 1.40. The molecule has 1 saturated carbocycles. The second-order valence-electron chi connectivity index (χ2n) is 5.82. The summed E-state index contributed by atoms with van der Waals surface area (Å²) < 4.78 is 23.6. The number of H-pyrrole nitrogens is 1. The minimum absolute atomic E-state index is 0.321. The molecular weight excluding hydrogens is 272 g/mol. The number of hydrogen-bond donors (Lipinski definition) is 1. The van der Waals surface area contributed by atoms with Gasteiger partial charge in [-0.15, -0.1) is 0 Å².